The number of carbonyl (C=O) groups excluding carboxylic acids is 1. The first-order valence-electron chi connectivity index (χ1n) is 8.67. The van der Waals surface area contributed by atoms with Crippen LogP contribution in [0.15, 0.2) is 66.7 Å². The number of fused-ring (bicyclic) bond motifs is 1. The molecule has 0 aliphatic heterocycles. The van der Waals surface area contributed by atoms with E-state index in [0.29, 0.717) is 5.75 Å². The number of hydrogen-bond acceptors (Lipinski definition) is 3. The molecule has 0 saturated carbocycles. The van der Waals surface area contributed by atoms with Crippen LogP contribution in [0.2, 0.25) is 0 Å². The zero-order chi connectivity index (χ0) is 18.5. The van der Waals surface area contributed by atoms with Gasteiger partial charge >= 0.3 is 0 Å². The SMILES string of the molecule is COc1ccccc1[C@@H](C)NC(=O)[C@H](C)Oc1ccc2ccccc2c1. The van der Waals surface area contributed by atoms with Gasteiger partial charge in [0.05, 0.1) is 13.2 Å². The highest BCUT2D eigenvalue weighted by Crippen LogP contribution is 2.25. The number of ether oxygens (including phenoxy) is 2. The Hall–Kier alpha value is -3.01. The Morgan fingerprint density at radius 2 is 1.62 bits per heavy atom. The fourth-order valence-electron chi connectivity index (χ4n) is 2.93. The molecule has 2 atom stereocenters. The van der Waals surface area contributed by atoms with Crippen molar-refractivity contribution in [2.45, 2.75) is 26.0 Å². The molecule has 134 valence electrons. The normalized spacial score (nSPS) is 13.0. The van der Waals surface area contributed by atoms with Gasteiger partial charge in [0.25, 0.3) is 5.91 Å². The van der Waals surface area contributed by atoms with E-state index in [1.54, 1.807) is 14.0 Å². The third kappa shape index (κ3) is 3.97. The van der Waals surface area contributed by atoms with Crippen molar-refractivity contribution in [3.8, 4) is 11.5 Å². The second-order valence-electron chi connectivity index (χ2n) is 6.24. The van der Waals surface area contributed by atoms with Crippen molar-refractivity contribution in [1.29, 1.82) is 0 Å². The van der Waals surface area contributed by atoms with Crippen molar-refractivity contribution in [2.75, 3.05) is 7.11 Å². The maximum absolute atomic E-state index is 12.5. The minimum atomic E-state index is -0.603. The highest BCUT2D eigenvalue weighted by atomic mass is 16.5. The summed E-state index contributed by atoms with van der Waals surface area (Å²) >= 11 is 0. The first-order chi connectivity index (χ1) is 12.6. The standard InChI is InChI=1S/C22H23NO3/c1-15(20-10-6-7-11-21(20)25-3)23-22(24)16(2)26-19-13-12-17-8-4-5-9-18(17)14-19/h4-16H,1-3H3,(H,23,24)/t15-,16+/m1/s1. The van der Waals surface area contributed by atoms with Gasteiger partial charge in [-0.3, -0.25) is 4.79 Å². The van der Waals surface area contributed by atoms with Gasteiger partial charge < -0.3 is 14.8 Å². The third-order valence-corrected chi connectivity index (χ3v) is 4.37. The topological polar surface area (TPSA) is 47.6 Å². The molecular formula is C22H23NO3. The molecule has 3 rings (SSSR count). The van der Waals surface area contributed by atoms with Crippen LogP contribution >= 0.6 is 0 Å². The molecule has 0 radical (unpaired) electrons. The number of hydrogen-bond donors (Lipinski definition) is 1. The van der Waals surface area contributed by atoms with Gasteiger partial charge in [-0.25, -0.2) is 0 Å². The molecule has 0 aliphatic carbocycles. The number of benzene rings is 3. The van der Waals surface area contributed by atoms with Gasteiger partial charge in [0.2, 0.25) is 0 Å². The zero-order valence-corrected chi connectivity index (χ0v) is 15.2. The van der Waals surface area contributed by atoms with E-state index in [2.05, 4.69) is 5.32 Å². The van der Waals surface area contributed by atoms with Gasteiger partial charge in [-0.2, -0.15) is 0 Å². The fraction of sp³-hybridized carbons (Fsp3) is 0.227. The van der Waals surface area contributed by atoms with E-state index in [-0.39, 0.29) is 11.9 Å². The second-order valence-corrected chi connectivity index (χ2v) is 6.24. The molecule has 0 heterocycles. The van der Waals surface area contributed by atoms with E-state index in [1.807, 2.05) is 73.7 Å². The monoisotopic (exact) mass is 349 g/mol. The van der Waals surface area contributed by atoms with Crippen LogP contribution in [0.25, 0.3) is 10.8 Å². The van der Waals surface area contributed by atoms with Crippen molar-refractivity contribution in [3.63, 3.8) is 0 Å². The van der Waals surface area contributed by atoms with Crippen molar-refractivity contribution in [3.05, 3.63) is 72.3 Å². The lowest BCUT2D eigenvalue weighted by atomic mass is 10.1. The Labute approximate surface area is 153 Å². The van der Waals surface area contributed by atoms with Crippen LogP contribution in [0.5, 0.6) is 11.5 Å². The Morgan fingerprint density at radius 1 is 0.923 bits per heavy atom. The number of methoxy groups -OCH3 is 1. The smallest absolute Gasteiger partial charge is 0.261 e. The first-order valence-corrected chi connectivity index (χ1v) is 8.67. The number of amides is 1. The molecule has 1 amide bonds. The van der Waals surface area contributed by atoms with Crippen LogP contribution in [-0.2, 0) is 4.79 Å². The van der Waals surface area contributed by atoms with Crippen molar-refractivity contribution >= 4 is 16.7 Å². The summed E-state index contributed by atoms with van der Waals surface area (Å²) in [7, 11) is 1.62. The lowest BCUT2D eigenvalue weighted by Crippen LogP contribution is -2.37. The molecule has 1 N–H and O–H groups in total. The summed E-state index contributed by atoms with van der Waals surface area (Å²) in [5.41, 5.74) is 0.932. The molecule has 0 saturated heterocycles. The fourth-order valence-corrected chi connectivity index (χ4v) is 2.93. The number of nitrogens with one attached hydrogen (secondary N) is 1. The summed E-state index contributed by atoms with van der Waals surface area (Å²) in [6, 6.07) is 21.4. The predicted octanol–water partition coefficient (Wildman–Crippen LogP) is 4.49. The van der Waals surface area contributed by atoms with Crippen LogP contribution in [0.1, 0.15) is 25.5 Å². The molecule has 4 nitrogen and oxygen atoms in total. The van der Waals surface area contributed by atoms with Crippen LogP contribution < -0.4 is 14.8 Å². The highest BCUT2D eigenvalue weighted by Gasteiger charge is 2.19. The quantitative estimate of drug-likeness (QED) is 0.713. The summed E-state index contributed by atoms with van der Waals surface area (Å²) < 4.78 is 11.2. The van der Waals surface area contributed by atoms with Crippen molar-refractivity contribution in [1.82, 2.24) is 5.32 Å². The van der Waals surface area contributed by atoms with Gasteiger partial charge in [-0.05, 0) is 42.8 Å². The Balaban J connectivity index is 1.67. The summed E-state index contributed by atoms with van der Waals surface area (Å²) in [5, 5.41) is 5.21. The van der Waals surface area contributed by atoms with E-state index in [0.717, 1.165) is 22.1 Å². The van der Waals surface area contributed by atoms with Crippen LogP contribution in [0.3, 0.4) is 0 Å². The summed E-state index contributed by atoms with van der Waals surface area (Å²) in [6.07, 6.45) is -0.603. The molecular weight excluding hydrogens is 326 g/mol. The van der Waals surface area contributed by atoms with E-state index >= 15 is 0 Å². The van der Waals surface area contributed by atoms with Gasteiger partial charge in [-0.1, -0.05) is 48.5 Å². The van der Waals surface area contributed by atoms with Crippen LogP contribution in [0.4, 0.5) is 0 Å². The molecule has 3 aromatic rings. The number of rotatable bonds is 6. The average molecular weight is 349 g/mol. The van der Waals surface area contributed by atoms with E-state index < -0.39 is 6.10 Å². The van der Waals surface area contributed by atoms with E-state index in [1.165, 1.54) is 0 Å². The van der Waals surface area contributed by atoms with Gasteiger partial charge in [0, 0.05) is 5.56 Å². The zero-order valence-electron chi connectivity index (χ0n) is 15.2. The molecule has 0 aliphatic rings. The maximum atomic E-state index is 12.5. The highest BCUT2D eigenvalue weighted by molar-refractivity contribution is 5.84. The van der Waals surface area contributed by atoms with Crippen LogP contribution in [0, 0.1) is 0 Å². The van der Waals surface area contributed by atoms with Gasteiger partial charge in [-0.15, -0.1) is 0 Å². The third-order valence-electron chi connectivity index (χ3n) is 4.37. The summed E-state index contributed by atoms with van der Waals surface area (Å²) in [5.74, 6) is 1.26. The minimum Gasteiger partial charge on any atom is -0.496 e. The molecule has 26 heavy (non-hydrogen) atoms. The van der Waals surface area contributed by atoms with Gasteiger partial charge in [0.1, 0.15) is 11.5 Å². The van der Waals surface area contributed by atoms with E-state index in [9.17, 15) is 4.79 Å². The molecule has 0 unspecified atom stereocenters. The lowest BCUT2D eigenvalue weighted by molar-refractivity contribution is -0.127. The second kappa shape index (κ2) is 7.91. The molecule has 4 heteroatoms. The molecule has 0 fully saturated rings. The predicted molar refractivity (Wildman–Crippen MR) is 104 cm³/mol. The minimum absolute atomic E-state index is 0.170. The first kappa shape index (κ1) is 17.8. The molecule has 3 aromatic carbocycles. The summed E-state index contributed by atoms with van der Waals surface area (Å²) in [4.78, 5) is 12.5. The Kier molecular flexibility index (Phi) is 5.42. The largest absolute Gasteiger partial charge is 0.496 e. The average Bonchev–Trinajstić information content (AvgIpc) is 2.67. The number of para-hydroxylation sites is 1. The van der Waals surface area contributed by atoms with Crippen LogP contribution in [-0.4, -0.2) is 19.1 Å². The van der Waals surface area contributed by atoms with Crippen molar-refractivity contribution in [2.24, 2.45) is 0 Å². The number of carbonyl (C=O) groups is 1. The van der Waals surface area contributed by atoms with Crippen molar-refractivity contribution < 1.29 is 14.3 Å². The van der Waals surface area contributed by atoms with Gasteiger partial charge in [0.15, 0.2) is 6.10 Å². The molecule has 0 bridgehead atoms. The Morgan fingerprint density at radius 3 is 2.38 bits per heavy atom. The molecule has 0 spiro atoms. The lowest BCUT2D eigenvalue weighted by Gasteiger charge is -2.20. The maximum Gasteiger partial charge on any atom is 0.261 e. The molecule has 0 aromatic heterocycles. The summed E-state index contributed by atoms with van der Waals surface area (Å²) in [6.45, 7) is 3.68. The Bertz CT molecular complexity index is 907. The van der Waals surface area contributed by atoms with E-state index in [4.69, 9.17) is 9.47 Å².